The summed E-state index contributed by atoms with van der Waals surface area (Å²) >= 11 is 0. The minimum Gasteiger partial charge on any atom is -0.396 e. The monoisotopic (exact) mass is 306 g/mol. The molecule has 0 aromatic heterocycles. The molecule has 0 unspecified atom stereocenters. The fraction of sp³-hybridized carbons (Fsp3) is 0.850. The molecule has 0 aromatic carbocycles. The number of rotatable bonds is 6. The molecule has 2 aliphatic rings. The van der Waals surface area contributed by atoms with Crippen LogP contribution in [0.25, 0.3) is 0 Å². The number of aliphatic hydroxyl groups is 1. The van der Waals surface area contributed by atoms with Crippen LogP contribution in [0.4, 0.5) is 0 Å². The van der Waals surface area contributed by atoms with Crippen LogP contribution >= 0.6 is 0 Å². The summed E-state index contributed by atoms with van der Waals surface area (Å²) in [5, 5.41) is 9.49. The maximum absolute atomic E-state index is 10.8. The molecule has 22 heavy (non-hydrogen) atoms. The molecule has 0 radical (unpaired) electrons. The van der Waals surface area contributed by atoms with Crippen molar-refractivity contribution in [3.8, 4) is 0 Å². The molecular weight excluding hydrogens is 272 g/mol. The van der Waals surface area contributed by atoms with E-state index in [0.717, 1.165) is 31.0 Å². The first-order valence-corrected chi connectivity index (χ1v) is 9.10. The lowest BCUT2D eigenvalue weighted by Gasteiger charge is -2.58. The largest absolute Gasteiger partial charge is 0.396 e. The number of carbonyl (C=O) groups excluding carboxylic acids is 1. The smallest absolute Gasteiger partial charge is 0.120 e. The normalized spacial score (nSPS) is 39.8. The fourth-order valence-electron chi connectivity index (χ4n) is 5.27. The molecule has 0 spiro atoms. The Labute approximate surface area is 136 Å². The highest BCUT2D eigenvalue weighted by Crippen LogP contribution is 2.61. The van der Waals surface area contributed by atoms with E-state index in [2.05, 4.69) is 33.8 Å². The third-order valence-electron chi connectivity index (χ3n) is 7.37. The van der Waals surface area contributed by atoms with Crippen molar-refractivity contribution in [1.29, 1.82) is 0 Å². The Balaban J connectivity index is 2.18. The van der Waals surface area contributed by atoms with Gasteiger partial charge in [-0.15, -0.1) is 0 Å². The van der Waals surface area contributed by atoms with Crippen LogP contribution in [0.2, 0.25) is 0 Å². The van der Waals surface area contributed by atoms with Gasteiger partial charge in [-0.05, 0) is 74.0 Å². The zero-order valence-corrected chi connectivity index (χ0v) is 14.9. The molecule has 1 fully saturated rings. The van der Waals surface area contributed by atoms with Gasteiger partial charge in [-0.1, -0.05) is 32.4 Å². The van der Waals surface area contributed by atoms with Crippen molar-refractivity contribution in [3.63, 3.8) is 0 Å². The number of carbonyl (C=O) groups is 1. The minimum atomic E-state index is 0.143. The van der Waals surface area contributed by atoms with Crippen LogP contribution in [0.15, 0.2) is 11.6 Å². The Morgan fingerprint density at radius 3 is 2.77 bits per heavy atom. The van der Waals surface area contributed by atoms with Crippen molar-refractivity contribution in [1.82, 2.24) is 0 Å². The van der Waals surface area contributed by atoms with E-state index in [0.29, 0.717) is 17.3 Å². The van der Waals surface area contributed by atoms with E-state index in [1.807, 2.05) is 0 Å². The van der Waals surface area contributed by atoms with Gasteiger partial charge < -0.3 is 9.90 Å². The number of aliphatic hydroxyl groups excluding tert-OH is 1. The summed E-state index contributed by atoms with van der Waals surface area (Å²) < 4.78 is 0. The van der Waals surface area contributed by atoms with Gasteiger partial charge in [0.05, 0.1) is 0 Å². The zero-order valence-electron chi connectivity index (χ0n) is 14.9. The average Bonchev–Trinajstić information content (AvgIpc) is 2.50. The maximum atomic E-state index is 10.8. The van der Waals surface area contributed by atoms with Crippen LogP contribution in [-0.2, 0) is 4.79 Å². The Bertz CT molecular complexity index is 427. The first kappa shape index (κ1) is 17.7. The van der Waals surface area contributed by atoms with Crippen molar-refractivity contribution >= 4 is 6.29 Å². The number of hydrogen-bond donors (Lipinski definition) is 1. The van der Waals surface area contributed by atoms with Gasteiger partial charge in [-0.2, -0.15) is 0 Å². The summed E-state index contributed by atoms with van der Waals surface area (Å²) in [6.45, 7) is 9.84. The van der Waals surface area contributed by atoms with Gasteiger partial charge in [0.25, 0.3) is 0 Å². The van der Waals surface area contributed by atoms with Crippen molar-refractivity contribution in [2.45, 2.75) is 72.6 Å². The summed E-state index contributed by atoms with van der Waals surface area (Å²) in [6, 6.07) is 0. The second-order valence-corrected chi connectivity index (χ2v) is 8.37. The lowest BCUT2D eigenvalue weighted by molar-refractivity contribution is -0.109. The van der Waals surface area contributed by atoms with E-state index < -0.39 is 0 Å². The Morgan fingerprint density at radius 1 is 1.41 bits per heavy atom. The zero-order chi connectivity index (χ0) is 16.4. The number of fused-ring (bicyclic) bond motifs is 1. The molecule has 5 atom stereocenters. The second kappa shape index (κ2) is 6.86. The first-order valence-electron chi connectivity index (χ1n) is 9.10. The van der Waals surface area contributed by atoms with Gasteiger partial charge in [0.2, 0.25) is 0 Å². The molecule has 0 aliphatic heterocycles. The highest BCUT2D eigenvalue weighted by atomic mass is 16.3. The van der Waals surface area contributed by atoms with Gasteiger partial charge in [0.15, 0.2) is 0 Å². The SMILES string of the molecule is CC1=CCC[C@@H]2[C@@](C)(CC[C@H](CO)CC=O)[C@H](C)CC[C@@]12C. The Hall–Kier alpha value is -0.630. The average molecular weight is 306 g/mol. The number of allylic oxidation sites excluding steroid dienone is 2. The molecule has 1 N–H and O–H groups in total. The lowest BCUT2D eigenvalue weighted by Crippen LogP contribution is -2.49. The van der Waals surface area contributed by atoms with E-state index in [4.69, 9.17) is 0 Å². The Kier molecular flexibility index (Phi) is 5.53. The quantitative estimate of drug-likeness (QED) is 0.567. The van der Waals surface area contributed by atoms with Crippen LogP contribution in [0.5, 0.6) is 0 Å². The molecule has 1 saturated carbocycles. The molecular formula is C20H34O2. The van der Waals surface area contributed by atoms with Crippen LogP contribution in [0, 0.1) is 28.6 Å². The van der Waals surface area contributed by atoms with E-state index in [1.165, 1.54) is 25.7 Å². The fourth-order valence-corrected chi connectivity index (χ4v) is 5.27. The highest BCUT2D eigenvalue weighted by molar-refractivity contribution is 5.49. The first-order chi connectivity index (χ1) is 10.4. The van der Waals surface area contributed by atoms with Gasteiger partial charge in [-0.3, -0.25) is 0 Å². The van der Waals surface area contributed by atoms with Crippen molar-refractivity contribution < 1.29 is 9.90 Å². The summed E-state index contributed by atoms with van der Waals surface area (Å²) in [6.07, 6.45) is 11.2. The summed E-state index contributed by atoms with van der Waals surface area (Å²) in [7, 11) is 0. The molecule has 2 rings (SSSR count). The summed E-state index contributed by atoms with van der Waals surface area (Å²) in [5.74, 6) is 1.62. The van der Waals surface area contributed by atoms with E-state index >= 15 is 0 Å². The molecule has 0 aromatic rings. The van der Waals surface area contributed by atoms with Gasteiger partial charge in [0.1, 0.15) is 6.29 Å². The van der Waals surface area contributed by atoms with Gasteiger partial charge in [0, 0.05) is 13.0 Å². The van der Waals surface area contributed by atoms with Crippen LogP contribution in [0.3, 0.4) is 0 Å². The molecule has 0 bridgehead atoms. The predicted octanol–water partition coefficient (Wildman–Crippen LogP) is 4.76. The molecule has 2 aliphatic carbocycles. The predicted molar refractivity (Wildman–Crippen MR) is 91.6 cm³/mol. The number of hydrogen-bond acceptors (Lipinski definition) is 2. The molecule has 0 amide bonds. The molecule has 2 nitrogen and oxygen atoms in total. The van der Waals surface area contributed by atoms with Crippen molar-refractivity contribution in [2.24, 2.45) is 28.6 Å². The van der Waals surface area contributed by atoms with Gasteiger partial charge >= 0.3 is 0 Å². The third kappa shape index (κ3) is 3.04. The van der Waals surface area contributed by atoms with Crippen LogP contribution < -0.4 is 0 Å². The molecule has 0 saturated heterocycles. The third-order valence-corrected chi connectivity index (χ3v) is 7.37. The molecule has 126 valence electrons. The van der Waals surface area contributed by atoms with Crippen LogP contribution in [0.1, 0.15) is 72.6 Å². The lowest BCUT2D eigenvalue weighted by atomic mass is 9.47. The Morgan fingerprint density at radius 2 is 2.14 bits per heavy atom. The topological polar surface area (TPSA) is 37.3 Å². The minimum absolute atomic E-state index is 0.143. The second-order valence-electron chi connectivity index (χ2n) is 8.37. The number of aldehydes is 1. The van der Waals surface area contributed by atoms with E-state index in [1.54, 1.807) is 5.57 Å². The maximum Gasteiger partial charge on any atom is 0.120 e. The summed E-state index contributed by atoms with van der Waals surface area (Å²) in [5.41, 5.74) is 2.28. The van der Waals surface area contributed by atoms with Crippen LogP contribution in [-0.4, -0.2) is 18.0 Å². The van der Waals surface area contributed by atoms with Crippen molar-refractivity contribution in [2.75, 3.05) is 6.61 Å². The standard InChI is InChI=1S/C20H34O2/c1-15-6-5-7-18-19(15,3)11-8-16(2)20(18,4)12-9-17(14-22)10-13-21/h6,13,16-18,22H,5,7-12,14H2,1-4H3/t16-,17+,18+,19+,20+/m1/s1. The highest BCUT2D eigenvalue weighted by Gasteiger charge is 2.52. The summed E-state index contributed by atoms with van der Waals surface area (Å²) in [4.78, 5) is 10.8. The van der Waals surface area contributed by atoms with E-state index in [-0.39, 0.29) is 12.5 Å². The van der Waals surface area contributed by atoms with E-state index in [9.17, 15) is 9.90 Å². The molecule has 0 heterocycles. The molecule has 2 heteroatoms. The van der Waals surface area contributed by atoms with Gasteiger partial charge in [-0.25, -0.2) is 0 Å². The van der Waals surface area contributed by atoms with Crippen molar-refractivity contribution in [3.05, 3.63) is 11.6 Å².